The summed E-state index contributed by atoms with van der Waals surface area (Å²) in [7, 11) is 0. The summed E-state index contributed by atoms with van der Waals surface area (Å²) in [6.45, 7) is 1.45. The lowest BCUT2D eigenvalue weighted by molar-refractivity contribution is -0.137. The van der Waals surface area contributed by atoms with E-state index in [1.54, 1.807) is 66.7 Å². The largest absolute Gasteiger partial charge is 0.382 e. The van der Waals surface area contributed by atoms with Crippen molar-refractivity contribution in [2.75, 3.05) is 42.3 Å². The zero-order valence-corrected chi connectivity index (χ0v) is 36.2. The number of hydrogen-bond acceptors (Lipinski definition) is 9. The van der Waals surface area contributed by atoms with E-state index in [2.05, 4.69) is 31.9 Å². The van der Waals surface area contributed by atoms with E-state index in [-0.39, 0.29) is 66.8 Å². The van der Waals surface area contributed by atoms with Crippen molar-refractivity contribution in [1.29, 1.82) is 0 Å². The van der Waals surface area contributed by atoms with Crippen LogP contribution in [0.25, 0.3) is 0 Å². The average molecular weight is 911 g/mol. The molecule has 17 heteroatoms. The number of amides is 6. The van der Waals surface area contributed by atoms with Gasteiger partial charge in [0.15, 0.2) is 0 Å². The molecule has 1 aliphatic carbocycles. The zero-order valence-electron chi connectivity index (χ0n) is 34.7. The van der Waals surface area contributed by atoms with Crippen molar-refractivity contribution in [1.82, 2.24) is 20.9 Å². The minimum Gasteiger partial charge on any atom is -0.382 e. The number of fused-ring (bicyclic) bond motifs is 4. The number of carbonyl (C=O) groups is 6. The molecule has 4 aliphatic heterocycles. The molecular formula is C47H46Cl2FN7O7. The maximum absolute atomic E-state index is 16.2. The van der Waals surface area contributed by atoms with Crippen LogP contribution >= 0.6 is 23.2 Å². The van der Waals surface area contributed by atoms with E-state index in [9.17, 15) is 28.8 Å². The molecule has 6 amide bonds. The van der Waals surface area contributed by atoms with E-state index in [4.69, 9.17) is 27.9 Å². The van der Waals surface area contributed by atoms with E-state index >= 15 is 4.39 Å². The first-order valence-corrected chi connectivity index (χ1v) is 22.3. The summed E-state index contributed by atoms with van der Waals surface area (Å²) in [6.07, 6.45) is 4.23. The van der Waals surface area contributed by atoms with Gasteiger partial charge in [0, 0.05) is 76.3 Å². The third-order valence-corrected chi connectivity index (χ3v) is 13.9. The Morgan fingerprint density at radius 1 is 0.891 bits per heavy atom. The number of rotatable bonds is 12. The molecule has 5 aliphatic rings. The van der Waals surface area contributed by atoms with Crippen LogP contribution in [0.4, 0.5) is 21.5 Å². The second kappa shape index (κ2) is 17.6. The lowest BCUT2D eigenvalue weighted by Gasteiger charge is -2.47. The number of piperidine rings is 1. The fourth-order valence-corrected chi connectivity index (χ4v) is 10.9. The second-order valence-electron chi connectivity index (χ2n) is 16.9. The zero-order chi connectivity index (χ0) is 44.8. The van der Waals surface area contributed by atoms with Crippen molar-refractivity contribution in [2.45, 2.75) is 80.4 Å². The third kappa shape index (κ3) is 7.57. The van der Waals surface area contributed by atoms with Crippen molar-refractivity contribution in [2.24, 2.45) is 0 Å². The van der Waals surface area contributed by atoms with Crippen LogP contribution < -0.4 is 31.9 Å². The molecule has 332 valence electrons. The highest BCUT2D eigenvalue weighted by atomic mass is 35.5. The van der Waals surface area contributed by atoms with Crippen molar-refractivity contribution in [3.8, 4) is 0 Å². The lowest BCUT2D eigenvalue weighted by Crippen LogP contribution is -2.60. The molecule has 9 rings (SSSR count). The summed E-state index contributed by atoms with van der Waals surface area (Å²) in [4.78, 5) is 80.9. The Bertz CT molecular complexity index is 2570. The normalized spacial score (nSPS) is 23.2. The maximum atomic E-state index is 16.2. The molecule has 2 spiro atoms. The number of carbonyl (C=O) groups excluding carboxylic acids is 6. The number of nitrogens with one attached hydrogen (secondary N) is 6. The molecular weight excluding hydrogens is 864 g/mol. The Balaban J connectivity index is 0.813. The van der Waals surface area contributed by atoms with E-state index in [1.807, 2.05) is 6.07 Å². The van der Waals surface area contributed by atoms with Gasteiger partial charge in [-0.1, -0.05) is 66.7 Å². The molecule has 14 nitrogen and oxygen atoms in total. The number of nitrogens with zero attached hydrogens (tertiary/aromatic N) is 1. The minimum atomic E-state index is -1.37. The first-order chi connectivity index (χ1) is 30.9. The van der Waals surface area contributed by atoms with Gasteiger partial charge >= 0.3 is 0 Å². The molecule has 6 N–H and O–H groups in total. The van der Waals surface area contributed by atoms with Gasteiger partial charge in [0.05, 0.1) is 24.3 Å². The molecule has 1 saturated carbocycles. The molecule has 0 bridgehead atoms. The number of hydrogen-bond donors (Lipinski definition) is 6. The first kappa shape index (κ1) is 43.4. The van der Waals surface area contributed by atoms with E-state index in [0.717, 1.165) is 30.5 Å². The predicted molar refractivity (Wildman–Crippen MR) is 238 cm³/mol. The number of benzene rings is 4. The molecule has 0 radical (unpaired) electrons. The fraction of sp³-hybridized carbons (Fsp3) is 0.362. The molecule has 3 fully saturated rings. The van der Waals surface area contributed by atoms with Crippen LogP contribution in [-0.4, -0.2) is 84.3 Å². The Hall–Kier alpha value is -5.87. The molecule has 0 aromatic heterocycles. The molecule has 4 heterocycles. The molecule has 4 aromatic carbocycles. The molecule has 2 saturated heterocycles. The van der Waals surface area contributed by atoms with Gasteiger partial charge in [-0.25, -0.2) is 4.39 Å². The summed E-state index contributed by atoms with van der Waals surface area (Å²) in [5, 5.41) is 18.4. The van der Waals surface area contributed by atoms with Gasteiger partial charge in [0.25, 0.3) is 11.8 Å². The van der Waals surface area contributed by atoms with E-state index in [1.165, 1.54) is 11.0 Å². The Morgan fingerprint density at radius 2 is 1.66 bits per heavy atom. The summed E-state index contributed by atoms with van der Waals surface area (Å²) in [5.41, 5.74) is 1.90. The fourth-order valence-electron chi connectivity index (χ4n) is 10.6. The molecule has 4 aromatic rings. The quantitative estimate of drug-likeness (QED) is 0.0729. The highest BCUT2D eigenvalue weighted by Gasteiger charge is 2.72. The van der Waals surface area contributed by atoms with Crippen LogP contribution in [-0.2, 0) is 35.9 Å². The van der Waals surface area contributed by atoms with Crippen LogP contribution in [0.3, 0.4) is 0 Å². The summed E-state index contributed by atoms with van der Waals surface area (Å²) in [6, 6.07) is 19.9. The van der Waals surface area contributed by atoms with Gasteiger partial charge < -0.3 is 30.9 Å². The van der Waals surface area contributed by atoms with Crippen LogP contribution in [0, 0.1) is 5.82 Å². The SMILES string of the molecule is O=C1CCC(N2Cc3c(NCCOCCNC(=O)c4ccc(NC(=O)[C@@H]5NC6(CCCCC6)[C@@]6(C(=O)Nc7cc(Cl)ccc76)[C@H]5c5cccc(Cl)c5F)cc4)cccc3C2=O)C(=O)N1. The average Bonchev–Trinajstić information content (AvgIpc) is 3.88. The van der Waals surface area contributed by atoms with Gasteiger partial charge in [-0.2, -0.15) is 0 Å². The van der Waals surface area contributed by atoms with Crippen LogP contribution in [0.5, 0.6) is 0 Å². The van der Waals surface area contributed by atoms with Crippen molar-refractivity contribution in [3.63, 3.8) is 0 Å². The lowest BCUT2D eigenvalue weighted by atomic mass is 9.55. The van der Waals surface area contributed by atoms with Gasteiger partial charge in [-0.05, 0) is 85.0 Å². The number of ether oxygens (including phenoxy) is 1. The van der Waals surface area contributed by atoms with Crippen molar-refractivity contribution < 1.29 is 37.9 Å². The predicted octanol–water partition coefficient (Wildman–Crippen LogP) is 6.04. The summed E-state index contributed by atoms with van der Waals surface area (Å²) in [5.74, 6) is -3.87. The molecule has 4 atom stereocenters. The second-order valence-corrected chi connectivity index (χ2v) is 17.8. The Labute approximate surface area is 378 Å². The monoisotopic (exact) mass is 909 g/mol. The smallest absolute Gasteiger partial charge is 0.255 e. The summed E-state index contributed by atoms with van der Waals surface area (Å²) < 4.78 is 22.0. The summed E-state index contributed by atoms with van der Waals surface area (Å²) >= 11 is 12.8. The Morgan fingerprint density at radius 3 is 2.44 bits per heavy atom. The van der Waals surface area contributed by atoms with Crippen LogP contribution in [0.15, 0.2) is 78.9 Å². The number of anilines is 3. The van der Waals surface area contributed by atoms with Crippen molar-refractivity contribution in [3.05, 3.63) is 123 Å². The van der Waals surface area contributed by atoms with E-state index in [0.29, 0.717) is 59.1 Å². The van der Waals surface area contributed by atoms with Gasteiger partial charge in [0.2, 0.25) is 23.6 Å². The van der Waals surface area contributed by atoms with Gasteiger partial charge in [-0.3, -0.25) is 39.4 Å². The minimum absolute atomic E-state index is 0.114. The van der Waals surface area contributed by atoms with Gasteiger partial charge in [0.1, 0.15) is 17.3 Å². The maximum Gasteiger partial charge on any atom is 0.255 e. The number of halogens is 3. The topological polar surface area (TPSA) is 187 Å². The highest BCUT2D eigenvalue weighted by molar-refractivity contribution is 6.31. The standard InChI is InChI=1S/C47H46Cl2FN7O7/c48-27-12-15-32-35(24-27)54-45(63)47(32)38(30-7-4-8-33(49)39(30)50)40(56-46(47)18-2-1-3-19-46)43(61)53-28-13-10-26(11-14-28)41(59)52-21-23-64-22-20-51-34-9-5-6-29-31(34)25-57(44(29)62)36-16-17-37(58)55-42(36)60/h4-15,24,36,38,40,51,56H,1-3,16-23,25H2,(H,52,59)(H,53,61)(H,54,63)(H,55,58,60)/t36?,38-,40+,47+/m0/s1. The Kier molecular flexibility index (Phi) is 11.9. The van der Waals surface area contributed by atoms with E-state index < -0.39 is 46.6 Å². The first-order valence-electron chi connectivity index (χ1n) is 21.5. The molecule has 1 unspecified atom stereocenters. The highest BCUT2D eigenvalue weighted by Crippen LogP contribution is 2.63. The molecule has 64 heavy (non-hydrogen) atoms. The van der Waals surface area contributed by atoms with Crippen molar-refractivity contribution >= 4 is 75.7 Å². The van der Waals surface area contributed by atoms with Crippen LogP contribution in [0.1, 0.15) is 88.3 Å². The van der Waals surface area contributed by atoms with Crippen LogP contribution in [0.2, 0.25) is 10.0 Å². The number of imide groups is 1. The third-order valence-electron chi connectivity index (χ3n) is 13.4. The van der Waals surface area contributed by atoms with Gasteiger partial charge in [-0.15, -0.1) is 0 Å².